The van der Waals surface area contributed by atoms with Gasteiger partial charge in [0.2, 0.25) is 0 Å². The van der Waals surface area contributed by atoms with E-state index in [1.807, 2.05) is 6.92 Å². The molecule has 0 saturated carbocycles. The first-order valence-electron chi connectivity index (χ1n) is 12.2. The lowest BCUT2D eigenvalue weighted by molar-refractivity contribution is -0.106. The Labute approximate surface area is 251 Å². The maximum Gasteiger partial charge on any atom is 0.0700 e. The van der Waals surface area contributed by atoms with Crippen molar-refractivity contribution in [2.24, 2.45) is 5.41 Å². The topological polar surface area (TPSA) is 55.4 Å². The number of thiol groups is 5. The fraction of sp³-hybridized carbons (Fsp3) is 1.00. The molecular formula is C25H58O6S5. The second-order valence-electron chi connectivity index (χ2n) is 7.55. The van der Waals surface area contributed by atoms with Crippen molar-refractivity contribution in [3.8, 4) is 0 Å². The van der Waals surface area contributed by atoms with Gasteiger partial charge in [-0.2, -0.15) is 63.1 Å². The van der Waals surface area contributed by atoms with Gasteiger partial charge in [0, 0.05) is 38.8 Å². The molecule has 0 heterocycles. The summed E-state index contributed by atoms with van der Waals surface area (Å²) in [7, 11) is 0. The van der Waals surface area contributed by atoms with Crippen LogP contribution >= 0.6 is 63.1 Å². The molecule has 0 amide bonds. The summed E-state index contributed by atoms with van der Waals surface area (Å²) in [5.41, 5.74) is -0.291. The predicted octanol–water partition coefficient (Wildman–Crippen LogP) is 5.56. The molecule has 0 spiro atoms. The lowest BCUT2D eigenvalue weighted by atomic mass is 9.92. The number of hydrogen-bond donors (Lipinski definition) is 5. The molecule has 0 N–H and O–H groups in total. The Morgan fingerprint density at radius 2 is 0.750 bits per heavy atom. The van der Waals surface area contributed by atoms with E-state index in [-0.39, 0.29) is 20.3 Å². The van der Waals surface area contributed by atoms with E-state index in [9.17, 15) is 0 Å². The molecule has 0 bridgehead atoms. The lowest BCUT2D eigenvalue weighted by Gasteiger charge is -2.33. The van der Waals surface area contributed by atoms with Crippen molar-refractivity contribution >= 4 is 63.1 Å². The van der Waals surface area contributed by atoms with E-state index in [4.69, 9.17) is 28.4 Å². The fourth-order valence-electron chi connectivity index (χ4n) is 2.50. The summed E-state index contributed by atoms with van der Waals surface area (Å²) in [6.45, 7) is 9.84. The van der Waals surface area contributed by atoms with Gasteiger partial charge in [-0.05, 0) is 55.6 Å². The van der Waals surface area contributed by atoms with Crippen molar-refractivity contribution in [2.45, 2.75) is 47.5 Å². The van der Waals surface area contributed by atoms with E-state index >= 15 is 0 Å². The Morgan fingerprint density at radius 1 is 0.417 bits per heavy atom. The van der Waals surface area contributed by atoms with Gasteiger partial charge in [0.1, 0.15) is 0 Å². The quantitative estimate of drug-likeness (QED) is 0.0650. The average Bonchev–Trinajstić information content (AvgIpc) is 2.85. The van der Waals surface area contributed by atoms with Gasteiger partial charge in [-0.1, -0.05) is 14.9 Å². The molecule has 0 aliphatic rings. The summed E-state index contributed by atoms with van der Waals surface area (Å²) in [5.74, 6) is 4.07. The molecule has 0 aromatic carbocycles. The Hall–Kier alpha value is 1.51. The third kappa shape index (κ3) is 33.5. The standard InChI is InChI=1S/C17H36O4S4.C6H14O2S.2CH4/c22-9-1-5-18-13-17(14-19-6-2-10-23,15-20-7-3-11-24)16-21-8-4-12-25;1-2-7-3-4-8-5-6-9;;/h22-25H,1-16H2;9H,2-6H2,1H3;2*1H4. The molecule has 0 fully saturated rings. The Bertz CT molecular complexity index is 314. The molecule has 0 radical (unpaired) electrons. The molecule has 0 aliphatic carbocycles. The molecular weight excluding hydrogens is 557 g/mol. The summed E-state index contributed by atoms with van der Waals surface area (Å²) in [6, 6.07) is 0. The van der Waals surface area contributed by atoms with Gasteiger partial charge in [0.15, 0.2) is 0 Å². The SMILES string of the molecule is C.C.CCOCCOCCS.SCCCOCC(COCCCS)(COCCCS)COCCCS. The molecule has 6 nitrogen and oxygen atoms in total. The van der Waals surface area contributed by atoms with Crippen LogP contribution in [0.25, 0.3) is 0 Å². The Kier molecular flexibility index (Phi) is 47.8. The lowest BCUT2D eigenvalue weighted by Crippen LogP contribution is -2.42. The third-order valence-corrected chi connectivity index (χ3v) is 5.68. The molecule has 0 aromatic heterocycles. The highest BCUT2D eigenvalue weighted by Crippen LogP contribution is 2.21. The van der Waals surface area contributed by atoms with Crippen LogP contribution in [0, 0.1) is 5.41 Å². The summed E-state index contributed by atoms with van der Waals surface area (Å²) < 4.78 is 33.6. The smallest absolute Gasteiger partial charge is 0.0700 e. The molecule has 0 aromatic rings. The van der Waals surface area contributed by atoms with Crippen LogP contribution in [0.4, 0.5) is 0 Å². The second kappa shape index (κ2) is 38.7. The van der Waals surface area contributed by atoms with Crippen LogP contribution in [0.5, 0.6) is 0 Å². The Balaban J connectivity index is -0.000000396. The van der Waals surface area contributed by atoms with Crippen LogP contribution in [0.1, 0.15) is 47.5 Å². The average molecular weight is 615 g/mol. The molecule has 0 aliphatic heterocycles. The molecule has 0 rings (SSSR count). The zero-order valence-corrected chi connectivity index (χ0v) is 25.5. The number of ether oxygens (including phenoxy) is 6. The number of rotatable bonds is 26. The van der Waals surface area contributed by atoms with Crippen molar-refractivity contribution in [1.82, 2.24) is 0 Å². The van der Waals surface area contributed by atoms with Gasteiger partial charge in [-0.15, -0.1) is 0 Å². The van der Waals surface area contributed by atoms with Gasteiger partial charge in [0.25, 0.3) is 0 Å². The minimum Gasteiger partial charge on any atom is -0.381 e. The zero-order chi connectivity index (χ0) is 25.6. The highest BCUT2D eigenvalue weighted by atomic mass is 32.1. The van der Waals surface area contributed by atoms with Crippen molar-refractivity contribution < 1.29 is 28.4 Å². The first-order valence-corrected chi connectivity index (χ1v) is 15.3. The first kappa shape index (κ1) is 44.5. The van der Waals surface area contributed by atoms with E-state index in [0.29, 0.717) is 66.1 Å². The third-order valence-electron chi connectivity index (χ3n) is 4.23. The first-order chi connectivity index (χ1) is 16.7. The van der Waals surface area contributed by atoms with Gasteiger partial charge >= 0.3 is 0 Å². The molecule has 0 atom stereocenters. The zero-order valence-electron chi connectivity index (χ0n) is 21.0. The van der Waals surface area contributed by atoms with Crippen molar-refractivity contribution in [3.63, 3.8) is 0 Å². The summed E-state index contributed by atoms with van der Waals surface area (Å²) in [6.07, 6.45) is 3.73. The summed E-state index contributed by atoms with van der Waals surface area (Å²) in [4.78, 5) is 0. The predicted molar refractivity (Wildman–Crippen MR) is 174 cm³/mol. The minimum absolute atomic E-state index is 0. The molecule has 0 saturated heterocycles. The van der Waals surface area contributed by atoms with Crippen molar-refractivity contribution in [3.05, 3.63) is 0 Å². The van der Waals surface area contributed by atoms with Gasteiger partial charge < -0.3 is 28.4 Å². The van der Waals surface area contributed by atoms with Crippen LogP contribution < -0.4 is 0 Å². The van der Waals surface area contributed by atoms with Gasteiger partial charge in [-0.3, -0.25) is 0 Å². The van der Waals surface area contributed by atoms with E-state index in [2.05, 4.69) is 63.1 Å². The Morgan fingerprint density at radius 3 is 1.03 bits per heavy atom. The maximum absolute atomic E-state index is 5.88. The minimum atomic E-state index is -0.291. The normalized spacial score (nSPS) is 10.8. The maximum atomic E-state index is 5.88. The molecule has 11 heteroatoms. The van der Waals surface area contributed by atoms with E-state index in [0.717, 1.165) is 67.7 Å². The van der Waals surface area contributed by atoms with Crippen LogP contribution in [0.2, 0.25) is 0 Å². The summed E-state index contributed by atoms with van der Waals surface area (Å²) >= 11 is 20.9. The summed E-state index contributed by atoms with van der Waals surface area (Å²) in [5, 5.41) is 0. The van der Waals surface area contributed by atoms with Crippen LogP contribution in [-0.2, 0) is 28.4 Å². The largest absolute Gasteiger partial charge is 0.381 e. The van der Waals surface area contributed by atoms with Crippen molar-refractivity contribution in [1.29, 1.82) is 0 Å². The monoisotopic (exact) mass is 614 g/mol. The van der Waals surface area contributed by atoms with Crippen LogP contribution in [0.3, 0.4) is 0 Å². The highest BCUT2D eigenvalue weighted by Gasteiger charge is 2.32. The van der Waals surface area contributed by atoms with Crippen molar-refractivity contribution in [2.75, 3.05) is 108 Å². The van der Waals surface area contributed by atoms with Gasteiger partial charge in [0.05, 0.1) is 51.7 Å². The molecule has 36 heavy (non-hydrogen) atoms. The fourth-order valence-corrected chi connectivity index (χ4v) is 3.15. The van der Waals surface area contributed by atoms with E-state index < -0.39 is 0 Å². The van der Waals surface area contributed by atoms with Crippen LogP contribution in [0.15, 0.2) is 0 Å². The van der Waals surface area contributed by atoms with E-state index in [1.165, 1.54) is 0 Å². The number of hydrogen-bond acceptors (Lipinski definition) is 11. The van der Waals surface area contributed by atoms with Gasteiger partial charge in [-0.25, -0.2) is 0 Å². The second-order valence-corrected chi connectivity index (χ2v) is 9.79. The van der Waals surface area contributed by atoms with E-state index in [1.54, 1.807) is 0 Å². The highest BCUT2D eigenvalue weighted by molar-refractivity contribution is 7.80. The van der Waals surface area contributed by atoms with Crippen LogP contribution in [-0.4, -0.2) is 108 Å². The molecule has 224 valence electrons. The molecule has 0 unspecified atom stereocenters.